The standard InChI is InChI=1S/C14H12N4O/c19-13-8-16-5-3-10(13)14-17-11-7-15-6-4-12(11)18(14)9-1-2-9/h3-9,19H,1-2H2. The Morgan fingerprint density at radius 1 is 1.11 bits per heavy atom. The monoisotopic (exact) mass is 252 g/mol. The molecular weight excluding hydrogens is 240 g/mol. The number of hydrogen-bond acceptors (Lipinski definition) is 4. The highest BCUT2D eigenvalue weighted by Gasteiger charge is 2.29. The summed E-state index contributed by atoms with van der Waals surface area (Å²) in [6.45, 7) is 0. The molecule has 3 heterocycles. The number of aromatic hydroxyl groups is 1. The molecule has 3 aromatic heterocycles. The van der Waals surface area contributed by atoms with E-state index in [2.05, 4.69) is 19.5 Å². The van der Waals surface area contributed by atoms with Crippen molar-refractivity contribution < 1.29 is 5.11 Å². The quantitative estimate of drug-likeness (QED) is 0.761. The highest BCUT2D eigenvalue weighted by Crippen LogP contribution is 2.42. The second-order valence-corrected chi connectivity index (χ2v) is 4.79. The van der Waals surface area contributed by atoms with Crippen LogP contribution in [0.1, 0.15) is 18.9 Å². The highest BCUT2D eigenvalue weighted by molar-refractivity contribution is 5.81. The van der Waals surface area contributed by atoms with Gasteiger partial charge in [0, 0.05) is 18.4 Å². The van der Waals surface area contributed by atoms with Crippen LogP contribution in [0.2, 0.25) is 0 Å². The Balaban J connectivity index is 2.04. The number of imidazole rings is 1. The minimum atomic E-state index is 0.160. The molecule has 0 spiro atoms. The van der Waals surface area contributed by atoms with Gasteiger partial charge in [-0.25, -0.2) is 4.98 Å². The van der Waals surface area contributed by atoms with Gasteiger partial charge in [-0.1, -0.05) is 0 Å². The van der Waals surface area contributed by atoms with Crippen LogP contribution in [0.4, 0.5) is 0 Å². The average Bonchev–Trinajstić information content (AvgIpc) is 3.19. The van der Waals surface area contributed by atoms with E-state index >= 15 is 0 Å². The number of fused-ring (bicyclic) bond motifs is 1. The minimum Gasteiger partial charge on any atom is -0.506 e. The summed E-state index contributed by atoms with van der Waals surface area (Å²) in [5, 5.41) is 9.98. The second kappa shape index (κ2) is 3.78. The largest absolute Gasteiger partial charge is 0.506 e. The van der Waals surface area contributed by atoms with Crippen LogP contribution in [0.5, 0.6) is 5.75 Å². The molecule has 0 radical (unpaired) electrons. The summed E-state index contributed by atoms with van der Waals surface area (Å²) in [5.41, 5.74) is 2.66. The average molecular weight is 252 g/mol. The molecule has 0 unspecified atom stereocenters. The number of hydrogen-bond donors (Lipinski definition) is 1. The van der Waals surface area contributed by atoms with E-state index in [9.17, 15) is 5.11 Å². The van der Waals surface area contributed by atoms with Crippen LogP contribution in [0.15, 0.2) is 36.9 Å². The van der Waals surface area contributed by atoms with E-state index in [0.29, 0.717) is 6.04 Å². The zero-order valence-electron chi connectivity index (χ0n) is 10.2. The molecule has 0 bridgehead atoms. The number of rotatable bonds is 2. The first kappa shape index (κ1) is 10.5. The fraction of sp³-hybridized carbons (Fsp3) is 0.214. The molecule has 3 aromatic rings. The van der Waals surface area contributed by atoms with Gasteiger partial charge >= 0.3 is 0 Å². The van der Waals surface area contributed by atoms with Crippen LogP contribution in [0, 0.1) is 0 Å². The molecule has 5 heteroatoms. The van der Waals surface area contributed by atoms with Crippen molar-refractivity contribution in [3.05, 3.63) is 36.9 Å². The molecule has 94 valence electrons. The van der Waals surface area contributed by atoms with Crippen molar-refractivity contribution in [2.24, 2.45) is 0 Å². The van der Waals surface area contributed by atoms with Gasteiger partial charge in [-0.05, 0) is 25.0 Å². The molecule has 1 saturated carbocycles. The number of nitrogens with zero attached hydrogens (tertiary/aromatic N) is 4. The Morgan fingerprint density at radius 2 is 1.89 bits per heavy atom. The maximum absolute atomic E-state index is 9.98. The van der Waals surface area contributed by atoms with E-state index in [1.54, 1.807) is 24.7 Å². The minimum absolute atomic E-state index is 0.160. The molecule has 1 aliphatic carbocycles. The van der Waals surface area contributed by atoms with Gasteiger partial charge in [-0.15, -0.1) is 0 Å². The molecule has 0 aromatic carbocycles. The van der Waals surface area contributed by atoms with Crippen molar-refractivity contribution >= 4 is 11.0 Å². The van der Waals surface area contributed by atoms with Crippen molar-refractivity contribution in [3.8, 4) is 17.1 Å². The van der Waals surface area contributed by atoms with Crippen LogP contribution in [0.25, 0.3) is 22.4 Å². The normalized spacial score (nSPS) is 14.9. The van der Waals surface area contributed by atoms with Crippen molar-refractivity contribution in [2.75, 3.05) is 0 Å². The molecule has 0 atom stereocenters. The molecule has 0 amide bonds. The summed E-state index contributed by atoms with van der Waals surface area (Å²) < 4.78 is 2.20. The lowest BCUT2D eigenvalue weighted by Crippen LogP contribution is -1.97. The Morgan fingerprint density at radius 3 is 2.68 bits per heavy atom. The first-order valence-corrected chi connectivity index (χ1v) is 6.30. The summed E-state index contributed by atoms with van der Waals surface area (Å²) in [4.78, 5) is 12.6. The first-order valence-electron chi connectivity index (χ1n) is 6.30. The van der Waals surface area contributed by atoms with Crippen molar-refractivity contribution in [1.29, 1.82) is 0 Å². The molecule has 4 rings (SSSR count). The second-order valence-electron chi connectivity index (χ2n) is 4.79. The van der Waals surface area contributed by atoms with Crippen LogP contribution in [0.3, 0.4) is 0 Å². The van der Waals surface area contributed by atoms with Crippen molar-refractivity contribution in [1.82, 2.24) is 19.5 Å². The van der Waals surface area contributed by atoms with E-state index < -0.39 is 0 Å². The van der Waals surface area contributed by atoms with E-state index in [-0.39, 0.29) is 5.75 Å². The topological polar surface area (TPSA) is 63.8 Å². The van der Waals surface area contributed by atoms with Gasteiger partial charge in [-0.2, -0.15) is 0 Å². The Bertz CT molecular complexity index is 761. The van der Waals surface area contributed by atoms with Gasteiger partial charge in [0.1, 0.15) is 17.1 Å². The lowest BCUT2D eigenvalue weighted by molar-refractivity contribution is 0.474. The van der Waals surface area contributed by atoms with E-state index in [1.807, 2.05) is 6.07 Å². The zero-order valence-corrected chi connectivity index (χ0v) is 10.2. The zero-order chi connectivity index (χ0) is 12.8. The van der Waals surface area contributed by atoms with Crippen LogP contribution < -0.4 is 0 Å². The molecule has 5 nitrogen and oxygen atoms in total. The first-order chi connectivity index (χ1) is 9.34. The molecule has 19 heavy (non-hydrogen) atoms. The summed E-state index contributed by atoms with van der Waals surface area (Å²) in [7, 11) is 0. The Kier molecular flexibility index (Phi) is 2.09. The third-order valence-electron chi connectivity index (χ3n) is 3.44. The van der Waals surface area contributed by atoms with Crippen molar-refractivity contribution in [3.63, 3.8) is 0 Å². The Hall–Kier alpha value is -2.43. The fourth-order valence-corrected chi connectivity index (χ4v) is 2.42. The van der Waals surface area contributed by atoms with E-state index in [4.69, 9.17) is 0 Å². The lowest BCUT2D eigenvalue weighted by atomic mass is 10.2. The predicted molar refractivity (Wildman–Crippen MR) is 70.7 cm³/mol. The van der Waals surface area contributed by atoms with E-state index in [1.165, 1.54) is 6.20 Å². The van der Waals surface area contributed by atoms with Gasteiger partial charge in [0.15, 0.2) is 0 Å². The molecule has 1 N–H and O–H groups in total. The van der Waals surface area contributed by atoms with Gasteiger partial charge < -0.3 is 9.67 Å². The summed E-state index contributed by atoms with van der Waals surface area (Å²) >= 11 is 0. The molecular formula is C14H12N4O. The molecule has 0 aliphatic heterocycles. The lowest BCUT2D eigenvalue weighted by Gasteiger charge is -2.08. The highest BCUT2D eigenvalue weighted by atomic mass is 16.3. The number of pyridine rings is 2. The summed E-state index contributed by atoms with van der Waals surface area (Å²) in [6.07, 6.45) is 8.97. The van der Waals surface area contributed by atoms with Crippen LogP contribution in [-0.4, -0.2) is 24.6 Å². The van der Waals surface area contributed by atoms with Gasteiger partial charge in [-0.3, -0.25) is 9.97 Å². The smallest absolute Gasteiger partial charge is 0.145 e. The molecule has 1 fully saturated rings. The van der Waals surface area contributed by atoms with E-state index in [0.717, 1.165) is 35.3 Å². The van der Waals surface area contributed by atoms with Crippen molar-refractivity contribution in [2.45, 2.75) is 18.9 Å². The Labute approximate surface area is 109 Å². The summed E-state index contributed by atoms with van der Waals surface area (Å²) in [6, 6.07) is 4.25. The third-order valence-corrected chi connectivity index (χ3v) is 3.44. The fourth-order valence-electron chi connectivity index (χ4n) is 2.42. The maximum Gasteiger partial charge on any atom is 0.145 e. The third kappa shape index (κ3) is 1.58. The molecule has 1 aliphatic rings. The predicted octanol–water partition coefficient (Wildman–Crippen LogP) is 2.53. The summed E-state index contributed by atoms with van der Waals surface area (Å²) in [5.74, 6) is 0.957. The number of aromatic nitrogens is 4. The van der Waals surface area contributed by atoms with Gasteiger partial charge in [0.2, 0.25) is 0 Å². The SMILES string of the molecule is Oc1cnccc1-c1nc2cnccc2n1C1CC1. The van der Waals surface area contributed by atoms with Gasteiger partial charge in [0.25, 0.3) is 0 Å². The van der Waals surface area contributed by atoms with Gasteiger partial charge in [0.05, 0.1) is 23.5 Å². The van der Waals surface area contributed by atoms with Crippen LogP contribution in [-0.2, 0) is 0 Å². The molecule has 0 saturated heterocycles. The maximum atomic E-state index is 9.98. The van der Waals surface area contributed by atoms with Crippen LogP contribution >= 0.6 is 0 Å².